The van der Waals surface area contributed by atoms with Crippen LogP contribution in [0.2, 0.25) is 0 Å². The van der Waals surface area contributed by atoms with E-state index in [1.54, 1.807) is 19.5 Å². The van der Waals surface area contributed by atoms with E-state index in [1.807, 2.05) is 48.5 Å². The van der Waals surface area contributed by atoms with Crippen molar-refractivity contribution in [3.05, 3.63) is 66.0 Å². The monoisotopic (exact) mass is 267 g/mol. The van der Waals surface area contributed by atoms with Crippen LogP contribution in [0.15, 0.2) is 59.8 Å². The van der Waals surface area contributed by atoms with Crippen molar-refractivity contribution in [3.63, 3.8) is 0 Å². The molecule has 102 valence electrons. The van der Waals surface area contributed by atoms with Crippen LogP contribution >= 0.6 is 0 Å². The number of nitrogens with zero attached hydrogens (tertiary/aromatic N) is 3. The Balaban J connectivity index is 1.85. The van der Waals surface area contributed by atoms with Crippen LogP contribution in [0, 0.1) is 0 Å². The molecule has 0 saturated heterocycles. The molecule has 0 aliphatic rings. The minimum Gasteiger partial charge on any atom is -0.273 e. The van der Waals surface area contributed by atoms with E-state index >= 15 is 0 Å². The molecule has 4 heteroatoms. The number of carbonyl (C=O) groups excluding carboxylic acids is 1. The maximum atomic E-state index is 11.9. The lowest BCUT2D eigenvalue weighted by Crippen LogP contribution is -2.21. The molecule has 2 rings (SSSR count). The third-order valence-electron chi connectivity index (χ3n) is 2.88. The van der Waals surface area contributed by atoms with E-state index in [2.05, 4.69) is 10.1 Å². The highest BCUT2D eigenvalue weighted by Gasteiger charge is 2.06. The van der Waals surface area contributed by atoms with E-state index in [0.717, 1.165) is 17.7 Å². The molecule has 1 aromatic carbocycles. The van der Waals surface area contributed by atoms with Crippen molar-refractivity contribution in [2.75, 3.05) is 7.05 Å². The normalized spacial score (nSPS) is 10.7. The third kappa shape index (κ3) is 4.31. The molecule has 2 aromatic rings. The number of carbonyl (C=O) groups is 1. The number of aromatic nitrogens is 1. The Morgan fingerprint density at radius 3 is 2.65 bits per heavy atom. The summed E-state index contributed by atoms with van der Waals surface area (Å²) >= 11 is 0. The van der Waals surface area contributed by atoms with Crippen LogP contribution in [-0.2, 0) is 11.2 Å². The van der Waals surface area contributed by atoms with E-state index < -0.39 is 0 Å². The molecular weight excluding hydrogens is 250 g/mol. The van der Waals surface area contributed by atoms with Gasteiger partial charge < -0.3 is 0 Å². The van der Waals surface area contributed by atoms with Gasteiger partial charge in [-0.05, 0) is 24.1 Å². The van der Waals surface area contributed by atoms with E-state index in [-0.39, 0.29) is 5.91 Å². The molecule has 0 bridgehead atoms. The maximum Gasteiger partial charge on any atom is 0.242 e. The van der Waals surface area contributed by atoms with Gasteiger partial charge in [0.1, 0.15) is 0 Å². The van der Waals surface area contributed by atoms with Crippen LogP contribution in [0.5, 0.6) is 0 Å². The molecule has 0 saturated carbocycles. The number of rotatable bonds is 5. The van der Waals surface area contributed by atoms with Gasteiger partial charge in [0.25, 0.3) is 0 Å². The number of amides is 1. The SMILES string of the molecule is CN(/N=C/c1ccccn1)C(=O)CCc1ccccc1. The predicted molar refractivity (Wildman–Crippen MR) is 79.4 cm³/mol. The van der Waals surface area contributed by atoms with Gasteiger partial charge in [0.15, 0.2) is 0 Å². The standard InChI is InChI=1S/C16H17N3O/c1-19(18-13-15-9-5-6-12-17-15)16(20)11-10-14-7-3-2-4-8-14/h2-9,12-13H,10-11H2,1H3/b18-13+. The van der Waals surface area contributed by atoms with Gasteiger partial charge in [0.05, 0.1) is 11.9 Å². The first-order chi connectivity index (χ1) is 9.75. The maximum absolute atomic E-state index is 11.9. The summed E-state index contributed by atoms with van der Waals surface area (Å²) in [5, 5.41) is 5.46. The lowest BCUT2D eigenvalue weighted by molar-refractivity contribution is -0.129. The Hall–Kier alpha value is -2.49. The average Bonchev–Trinajstić information content (AvgIpc) is 2.52. The Bertz CT molecular complexity index is 567. The van der Waals surface area contributed by atoms with E-state index in [9.17, 15) is 4.79 Å². The fourth-order valence-corrected chi connectivity index (χ4v) is 1.72. The molecule has 0 atom stereocenters. The average molecular weight is 267 g/mol. The minimum atomic E-state index is -0.0129. The second kappa shape index (κ2) is 7.19. The van der Waals surface area contributed by atoms with E-state index in [1.165, 1.54) is 5.01 Å². The smallest absolute Gasteiger partial charge is 0.242 e. The van der Waals surface area contributed by atoms with Crippen molar-refractivity contribution in [1.29, 1.82) is 0 Å². The zero-order valence-corrected chi connectivity index (χ0v) is 11.4. The van der Waals surface area contributed by atoms with Crippen LogP contribution < -0.4 is 0 Å². The molecule has 0 N–H and O–H groups in total. The van der Waals surface area contributed by atoms with Crippen molar-refractivity contribution in [2.45, 2.75) is 12.8 Å². The van der Waals surface area contributed by atoms with Gasteiger partial charge >= 0.3 is 0 Å². The molecule has 0 radical (unpaired) electrons. The summed E-state index contributed by atoms with van der Waals surface area (Å²) in [4.78, 5) is 16.0. The number of pyridine rings is 1. The lowest BCUT2D eigenvalue weighted by Gasteiger charge is -2.10. The Labute approximate surface area is 118 Å². The van der Waals surface area contributed by atoms with Crippen molar-refractivity contribution in [3.8, 4) is 0 Å². The van der Waals surface area contributed by atoms with Crippen LogP contribution in [0.4, 0.5) is 0 Å². The third-order valence-corrected chi connectivity index (χ3v) is 2.88. The zero-order chi connectivity index (χ0) is 14.2. The van der Waals surface area contributed by atoms with Gasteiger partial charge in [-0.25, -0.2) is 5.01 Å². The number of hydrogen-bond donors (Lipinski definition) is 0. The predicted octanol–water partition coefficient (Wildman–Crippen LogP) is 2.51. The molecule has 0 aliphatic heterocycles. The summed E-state index contributed by atoms with van der Waals surface area (Å²) in [5.74, 6) is -0.0129. The number of benzene rings is 1. The van der Waals surface area contributed by atoms with Crippen molar-refractivity contribution in [1.82, 2.24) is 9.99 Å². The molecule has 1 amide bonds. The highest BCUT2D eigenvalue weighted by atomic mass is 16.2. The number of hydrogen-bond acceptors (Lipinski definition) is 3. The Kier molecular flexibility index (Phi) is 5.00. The quantitative estimate of drug-likeness (QED) is 0.617. The molecule has 0 spiro atoms. The van der Waals surface area contributed by atoms with Crippen molar-refractivity contribution >= 4 is 12.1 Å². The second-order valence-corrected chi connectivity index (χ2v) is 4.40. The van der Waals surface area contributed by atoms with Gasteiger partial charge in [-0.15, -0.1) is 0 Å². The summed E-state index contributed by atoms with van der Waals surface area (Å²) in [6.07, 6.45) is 4.45. The molecule has 4 nitrogen and oxygen atoms in total. The first-order valence-electron chi connectivity index (χ1n) is 6.51. The fraction of sp³-hybridized carbons (Fsp3) is 0.188. The van der Waals surface area contributed by atoms with Gasteiger partial charge in [-0.3, -0.25) is 9.78 Å². The molecule has 0 fully saturated rings. The summed E-state index contributed by atoms with van der Waals surface area (Å²) in [5.41, 5.74) is 1.89. The van der Waals surface area contributed by atoms with Gasteiger partial charge in [0.2, 0.25) is 5.91 Å². The molecule has 20 heavy (non-hydrogen) atoms. The number of hydrazone groups is 1. The Morgan fingerprint density at radius 2 is 1.95 bits per heavy atom. The van der Waals surface area contributed by atoms with Crippen molar-refractivity contribution < 1.29 is 4.79 Å². The molecular formula is C16H17N3O. The zero-order valence-electron chi connectivity index (χ0n) is 11.4. The summed E-state index contributed by atoms with van der Waals surface area (Å²) in [6.45, 7) is 0. The first kappa shape index (κ1) is 13.9. The number of aryl methyl sites for hydroxylation is 1. The first-order valence-corrected chi connectivity index (χ1v) is 6.51. The topological polar surface area (TPSA) is 45.6 Å². The molecule has 0 aliphatic carbocycles. The largest absolute Gasteiger partial charge is 0.273 e. The fourth-order valence-electron chi connectivity index (χ4n) is 1.72. The lowest BCUT2D eigenvalue weighted by atomic mass is 10.1. The van der Waals surface area contributed by atoms with Crippen molar-refractivity contribution in [2.24, 2.45) is 5.10 Å². The molecule has 0 unspecified atom stereocenters. The van der Waals surface area contributed by atoms with Gasteiger partial charge in [-0.2, -0.15) is 5.10 Å². The van der Waals surface area contributed by atoms with Crippen LogP contribution in [-0.4, -0.2) is 29.2 Å². The highest BCUT2D eigenvalue weighted by Crippen LogP contribution is 2.04. The summed E-state index contributed by atoms with van der Waals surface area (Å²) < 4.78 is 0. The summed E-state index contributed by atoms with van der Waals surface area (Å²) in [6, 6.07) is 15.5. The molecule has 1 aromatic heterocycles. The molecule has 1 heterocycles. The van der Waals surface area contributed by atoms with Crippen LogP contribution in [0.25, 0.3) is 0 Å². The van der Waals surface area contributed by atoms with Gasteiger partial charge in [-0.1, -0.05) is 36.4 Å². The van der Waals surface area contributed by atoms with Crippen LogP contribution in [0.1, 0.15) is 17.7 Å². The van der Waals surface area contributed by atoms with E-state index in [0.29, 0.717) is 6.42 Å². The second-order valence-electron chi connectivity index (χ2n) is 4.40. The van der Waals surface area contributed by atoms with E-state index in [4.69, 9.17) is 0 Å². The minimum absolute atomic E-state index is 0.0129. The summed E-state index contributed by atoms with van der Waals surface area (Å²) in [7, 11) is 1.66. The highest BCUT2D eigenvalue weighted by molar-refractivity contribution is 5.80. The van der Waals surface area contributed by atoms with Crippen LogP contribution in [0.3, 0.4) is 0 Å². The van der Waals surface area contributed by atoms with Gasteiger partial charge in [0, 0.05) is 19.7 Å². The Morgan fingerprint density at radius 1 is 1.20 bits per heavy atom.